The molecule has 140 valence electrons. The normalized spacial score (nSPS) is 14.7. The van der Waals surface area contributed by atoms with Crippen molar-refractivity contribution < 1.29 is 14.3 Å². The molecule has 0 saturated carbocycles. The standard InChI is InChI=1S/C18H23FN4O3/c1-2-22-11-13(18(26)21-5-8-24)17(25)12-9-14(19)16(10-15(12)22)23-6-3-20-4-7-23/h9-11,20,24H,2-8H2,1H3,(H,21,26). The van der Waals surface area contributed by atoms with Crippen molar-refractivity contribution in [2.75, 3.05) is 44.2 Å². The van der Waals surface area contributed by atoms with Crippen molar-refractivity contribution in [1.82, 2.24) is 15.2 Å². The fraction of sp³-hybridized carbons (Fsp3) is 0.444. The molecule has 0 spiro atoms. The Kier molecular flexibility index (Phi) is 5.53. The lowest BCUT2D eigenvalue weighted by Crippen LogP contribution is -2.44. The Bertz CT molecular complexity index is 875. The number of carbonyl (C=O) groups excluding carboxylic acids is 1. The van der Waals surface area contributed by atoms with Crippen LogP contribution in [0.25, 0.3) is 10.9 Å². The number of rotatable bonds is 5. The van der Waals surface area contributed by atoms with Crippen LogP contribution in [0.5, 0.6) is 0 Å². The number of aliphatic hydroxyl groups is 1. The number of hydrogen-bond acceptors (Lipinski definition) is 5. The zero-order valence-electron chi connectivity index (χ0n) is 14.7. The fourth-order valence-electron chi connectivity index (χ4n) is 3.24. The molecule has 3 rings (SSSR count). The third-order valence-electron chi connectivity index (χ3n) is 4.59. The van der Waals surface area contributed by atoms with Gasteiger partial charge in [0.1, 0.15) is 11.4 Å². The fourth-order valence-corrected chi connectivity index (χ4v) is 3.24. The Morgan fingerprint density at radius 3 is 2.73 bits per heavy atom. The van der Waals surface area contributed by atoms with E-state index in [1.165, 1.54) is 12.3 Å². The Labute approximate surface area is 150 Å². The molecule has 2 aromatic rings. The number of nitrogens with zero attached hydrogens (tertiary/aromatic N) is 2. The number of nitrogens with one attached hydrogen (secondary N) is 2. The van der Waals surface area contributed by atoms with Crippen LogP contribution in [-0.2, 0) is 6.54 Å². The zero-order chi connectivity index (χ0) is 18.7. The maximum absolute atomic E-state index is 14.7. The lowest BCUT2D eigenvalue weighted by Gasteiger charge is -2.30. The molecule has 2 heterocycles. The van der Waals surface area contributed by atoms with Gasteiger partial charge in [-0.1, -0.05) is 0 Å². The molecule has 0 aliphatic carbocycles. The molecule has 0 bridgehead atoms. The first kappa shape index (κ1) is 18.3. The summed E-state index contributed by atoms with van der Waals surface area (Å²) >= 11 is 0. The van der Waals surface area contributed by atoms with Crippen molar-refractivity contribution in [2.24, 2.45) is 0 Å². The second-order valence-corrected chi connectivity index (χ2v) is 6.20. The number of fused-ring (bicyclic) bond motifs is 1. The highest BCUT2D eigenvalue weighted by Crippen LogP contribution is 2.25. The Hall–Kier alpha value is -2.45. The van der Waals surface area contributed by atoms with E-state index in [4.69, 9.17) is 5.11 Å². The third kappa shape index (κ3) is 3.42. The second-order valence-electron chi connectivity index (χ2n) is 6.20. The van der Waals surface area contributed by atoms with E-state index in [0.29, 0.717) is 30.8 Å². The number of carbonyl (C=O) groups is 1. The number of aliphatic hydroxyl groups excluding tert-OH is 1. The molecule has 0 radical (unpaired) electrons. The summed E-state index contributed by atoms with van der Waals surface area (Å²) in [6, 6.07) is 2.92. The lowest BCUT2D eigenvalue weighted by molar-refractivity contribution is 0.0943. The number of benzene rings is 1. The van der Waals surface area contributed by atoms with Gasteiger partial charge in [0.2, 0.25) is 5.43 Å². The van der Waals surface area contributed by atoms with Crippen LogP contribution in [0.15, 0.2) is 23.1 Å². The average Bonchev–Trinajstić information content (AvgIpc) is 2.67. The van der Waals surface area contributed by atoms with Gasteiger partial charge in [0, 0.05) is 50.9 Å². The Morgan fingerprint density at radius 1 is 1.35 bits per heavy atom. The number of piperazine rings is 1. The molecule has 1 saturated heterocycles. The van der Waals surface area contributed by atoms with Gasteiger partial charge in [-0.3, -0.25) is 9.59 Å². The quantitative estimate of drug-likeness (QED) is 0.712. The van der Waals surface area contributed by atoms with Crippen LogP contribution in [0.3, 0.4) is 0 Å². The zero-order valence-corrected chi connectivity index (χ0v) is 14.7. The number of aryl methyl sites for hydroxylation is 1. The second kappa shape index (κ2) is 7.84. The first-order chi connectivity index (χ1) is 12.6. The van der Waals surface area contributed by atoms with Crippen LogP contribution in [0.2, 0.25) is 0 Å². The van der Waals surface area contributed by atoms with Gasteiger partial charge in [0.05, 0.1) is 17.8 Å². The van der Waals surface area contributed by atoms with E-state index >= 15 is 0 Å². The van der Waals surface area contributed by atoms with Gasteiger partial charge in [-0.15, -0.1) is 0 Å². The molecule has 1 aromatic heterocycles. The lowest BCUT2D eigenvalue weighted by atomic mass is 10.1. The molecular weight excluding hydrogens is 339 g/mol. The Morgan fingerprint density at radius 2 is 2.08 bits per heavy atom. The molecule has 0 unspecified atom stereocenters. The van der Waals surface area contributed by atoms with Crippen LogP contribution < -0.4 is 21.0 Å². The average molecular weight is 362 g/mol. The van der Waals surface area contributed by atoms with E-state index < -0.39 is 17.2 Å². The SMILES string of the molecule is CCn1cc(C(=O)NCCO)c(=O)c2cc(F)c(N3CCNCC3)cc21. The molecule has 1 amide bonds. The maximum atomic E-state index is 14.7. The Balaban J connectivity index is 2.12. The molecule has 1 aliphatic heterocycles. The summed E-state index contributed by atoms with van der Waals surface area (Å²) in [5, 5.41) is 14.7. The van der Waals surface area contributed by atoms with Crippen molar-refractivity contribution in [3.8, 4) is 0 Å². The van der Waals surface area contributed by atoms with Crippen molar-refractivity contribution >= 4 is 22.5 Å². The number of pyridine rings is 1. The summed E-state index contributed by atoms with van der Waals surface area (Å²) in [5.74, 6) is -1.04. The molecular formula is C18H23FN4O3. The van der Waals surface area contributed by atoms with Crippen molar-refractivity contribution in [3.63, 3.8) is 0 Å². The van der Waals surface area contributed by atoms with E-state index in [1.54, 1.807) is 10.6 Å². The molecule has 1 fully saturated rings. The van der Waals surface area contributed by atoms with Gasteiger partial charge in [0.15, 0.2) is 0 Å². The first-order valence-electron chi connectivity index (χ1n) is 8.78. The van der Waals surface area contributed by atoms with Gasteiger partial charge in [-0.05, 0) is 19.1 Å². The summed E-state index contributed by atoms with van der Waals surface area (Å²) in [6.07, 6.45) is 1.50. The minimum atomic E-state index is -0.570. The molecule has 7 nitrogen and oxygen atoms in total. The molecule has 1 aliphatic rings. The third-order valence-corrected chi connectivity index (χ3v) is 4.59. The highest BCUT2D eigenvalue weighted by Gasteiger charge is 2.20. The van der Waals surface area contributed by atoms with Crippen LogP contribution in [0, 0.1) is 5.82 Å². The summed E-state index contributed by atoms with van der Waals surface area (Å²) in [5.41, 5.74) is 0.511. The number of hydrogen-bond donors (Lipinski definition) is 3. The molecule has 0 atom stereocenters. The van der Waals surface area contributed by atoms with E-state index in [-0.39, 0.29) is 24.1 Å². The van der Waals surface area contributed by atoms with Gasteiger partial charge in [-0.2, -0.15) is 0 Å². The van der Waals surface area contributed by atoms with Gasteiger partial charge in [0.25, 0.3) is 5.91 Å². The number of amides is 1. The smallest absolute Gasteiger partial charge is 0.256 e. The minimum Gasteiger partial charge on any atom is -0.395 e. The van der Waals surface area contributed by atoms with E-state index in [2.05, 4.69) is 10.6 Å². The summed E-state index contributed by atoms with van der Waals surface area (Å²) in [6.45, 7) is 5.21. The maximum Gasteiger partial charge on any atom is 0.256 e. The largest absolute Gasteiger partial charge is 0.395 e. The predicted molar refractivity (Wildman–Crippen MR) is 98.3 cm³/mol. The number of halogens is 1. The van der Waals surface area contributed by atoms with Crippen LogP contribution in [0.4, 0.5) is 10.1 Å². The van der Waals surface area contributed by atoms with Gasteiger partial charge in [-0.25, -0.2) is 4.39 Å². The number of anilines is 1. The van der Waals surface area contributed by atoms with Crippen LogP contribution in [-0.4, -0.2) is 54.9 Å². The summed E-state index contributed by atoms with van der Waals surface area (Å²) in [7, 11) is 0. The van der Waals surface area contributed by atoms with Gasteiger partial charge >= 0.3 is 0 Å². The molecule has 1 aromatic carbocycles. The van der Waals surface area contributed by atoms with E-state index in [1.807, 2.05) is 11.8 Å². The molecule has 26 heavy (non-hydrogen) atoms. The first-order valence-corrected chi connectivity index (χ1v) is 8.78. The highest BCUT2D eigenvalue weighted by atomic mass is 19.1. The molecule has 8 heteroatoms. The molecule has 3 N–H and O–H groups in total. The summed E-state index contributed by atoms with van der Waals surface area (Å²) < 4.78 is 16.5. The highest BCUT2D eigenvalue weighted by molar-refractivity contribution is 5.97. The predicted octanol–water partition coefficient (Wildman–Crippen LogP) is 0.292. The topological polar surface area (TPSA) is 86.6 Å². The van der Waals surface area contributed by atoms with E-state index in [9.17, 15) is 14.0 Å². The minimum absolute atomic E-state index is 0.0536. The van der Waals surface area contributed by atoms with E-state index in [0.717, 1.165) is 13.1 Å². The number of aromatic nitrogens is 1. The van der Waals surface area contributed by atoms with Gasteiger partial charge < -0.3 is 25.2 Å². The monoisotopic (exact) mass is 362 g/mol. The van der Waals surface area contributed by atoms with Crippen molar-refractivity contribution in [1.29, 1.82) is 0 Å². The summed E-state index contributed by atoms with van der Waals surface area (Å²) in [4.78, 5) is 26.9. The van der Waals surface area contributed by atoms with Crippen LogP contribution >= 0.6 is 0 Å². The van der Waals surface area contributed by atoms with Crippen molar-refractivity contribution in [2.45, 2.75) is 13.5 Å². The van der Waals surface area contributed by atoms with Crippen molar-refractivity contribution in [3.05, 3.63) is 39.9 Å². The van der Waals surface area contributed by atoms with Crippen LogP contribution in [0.1, 0.15) is 17.3 Å².